The van der Waals surface area contributed by atoms with Crippen molar-refractivity contribution in [2.45, 2.75) is 38.5 Å². The summed E-state index contributed by atoms with van der Waals surface area (Å²) in [5, 5.41) is 39.0. The second kappa shape index (κ2) is 6.79. The number of aromatic hydroxyl groups is 4. The van der Waals surface area contributed by atoms with Gasteiger partial charge in [-0.1, -0.05) is 64.1 Å². The van der Waals surface area contributed by atoms with Gasteiger partial charge in [0.2, 0.25) is 0 Å². The van der Waals surface area contributed by atoms with Crippen LogP contribution in [0.4, 0.5) is 0 Å². The number of phenolic OH excluding ortho intramolecular Hbond substituents is 4. The third-order valence-corrected chi connectivity index (χ3v) is 5.70. The first kappa shape index (κ1) is 19.6. The molecule has 0 aliphatic carbocycles. The van der Waals surface area contributed by atoms with Crippen molar-refractivity contribution in [2.75, 3.05) is 0 Å². The minimum atomic E-state index is -0.394. The molecule has 0 radical (unpaired) electrons. The van der Waals surface area contributed by atoms with Gasteiger partial charge in [0.25, 0.3) is 0 Å². The second-order valence-corrected chi connectivity index (χ2v) is 8.24. The maximum atomic E-state index is 9.90. The molecule has 4 heteroatoms. The summed E-state index contributed by atoms with van der Waals surface area (Å²) in [5.74, 6) is -0.550. The van der Waals surface area contributed by atoms with Crippen molar-refractivity contribution in [3.05, 3.63) is 82.9 Å². The van der Waals surface area contributed by atoms with Gasteiger partial charge in [-0.3, -0.25) is 0 Å². The Hall–Kier alpha value is -3.14. The lowest BCUT2D eigenvalue weighted by Crippen LogP contribution is -2.22. The maximum Gasteiger partial charge on any atom is 0.157 e. The summed E-state index contributed by atoms with van der Waals surface area (Å²) in [5.41, 5.74) is 3.11. The van der Waals surface area contributed by atoms with E-state index in [0.29, 0.717) is 0 Å². The monoisotopic (exact) mass is 378 g/mol. The molecule has 0 saturated carbocycles. The zero-order valence-electron chi connectivity index (χ0n) is 16.6. The van der Waals surface area contributed by atoms with Crippen LogP contribution in [0.3, 0.4) is 0 Å². The van der Waals surface area contributed by atoms with Crippen LogP contribution < -0.4 is 0 Å². The van der Waals surface area contributed by atoms with Crippen molar-refractivity contribution < 1.29 is 20.4 Å². The second-order valence-electron chi connectivity index (χ2n) is 8.24. The molecule has 146 valence electrons. The molecular weight excluding hydrogens is 352 g/mol. The zero-order chi connectivity index (χ0) is 20.7. The van der Waals surface area contributed by atoms with Crippen molar-refractivity contribution >= 4 is 0 Å². The van der Waals surface area contributed by atoms with E-state index < -0.39 is 10.8 Å². The minimum absolute atomic E-state index is 0.137. The summed E-state index contributed by atoms with van der Waals surface area (Å²) < 4.78 is 0. The van der Waals surface area contributed by atoms with Crippen molar-refractivity contribution in [1.82, 2.24) is 0 Å². The molecule has 0 atom stereocenters. The number of benzene rings is 3. The lowest BCUT2D eigenvalue weighted by Gasteiger charge is -2.31. The van der Waals surface area contributed by atoms with Crippen molar-refractivity contribution in [2.24, 2.45) is 0 Å². The Bertz CT molecular complexity index is 940. The van der Waals surface area contributed by atoms with Gasteiger partial charge in [0.05, 0.1) is 0 Å². The standard InChI is InChI=1S/C24H26O4/c1-23(2,17-8-10-19(25)21(27)13-17)15-6-5-7-16(12-15)24(3,4)18-9-11-20(26)22(28)14-18/h5-14,25-28H,1-4H3. The molecule has 0 amide bonds. The molecule has 0 aliphatic heterocycles. The quantitative estimate of drug-likeness (QED) is 0.473. The van der Waals surface area contributed by atoms with Crippen molar-refractivity contribution in [3.63, 3.8) is 0 Å². The normalized spacial score (nSPS) is 12.1. The fourth-order valence-corrected chi connectivity index (χ4v) is 3.45. The lowest BCUT2D eigenvalue weighted by atomic mass is 9.73. The number of rotatable bonds is 4. The van der Waals surface area contributed by atoms with E-state index in [-0.39, 0.29) is 23.0 Å². The lowest BCUT2D eigenvalue weighted by molar-refractivity contribution is 0.402. The highest BCUT2D eigenvalue weighted by atomic mass is 16.3. The van der Waals surface area contributed by atoms with Crippen LogP contribution in [0.1, 0.15) is 49.9 Å². The van der Waals surface area contributed by atoms with Gasteiger partial charge in [-0.2, -0.15) is 0 Å². The summed E-state index contributed by atoms with van der Waals surface area (Å²) in [4.78, 5) is 0. The van der Waals surface area contributed by atoms with Crippen LogP contribution in [0, 0.1) is 0 Å². The molecule has 3 aromatic rings. The zero-order valence-corrected chi connectivity index (χ0v) is 16.6. The Labute approximate surface area is 165 Å². The molecular formula is C24H26O4. The predicted molar refractivity (Wildman–Crippen MR) is 110 cm³/mol. The summed E-state index contributed by atoms with van der Waals surface area (Å²) in [7, 11) is 0. The molecule has 4 N–H and O–H groups in total. The fraction of sp³-hybridized carbons (Fsp3) is 0.250. The van der Waals surface area contributed by atoms with Gasteiger partial charge in [-0.05, 0) is 46.5 Å². The van der Waals surface area contributed by atoms with E-state index in [0.717, 1.165) is 22.3 Å². The van der Waals surface area contributed by atoms with Gasteiger partial charge in [0.15, 0.2) is 23.0 Å². The average Bonchev–Trinajstić information content (AvgIpc) is 2.66. The molecule has 0 aliphatic rings. The summed E-state index contributed by atoms with van der Waals surface area (Å²) in [6.45, 7) is 8.27. The van der Waals surface area contributed by atoms with Crippen LogP contribution in [0.25, 0.3) is 0 Å². The van der Waals surface area contributed by atoms with E-state index >= 15 is 0 Å². The fourth-order valence-electron chi connectivity index (χ4n) is 3.45. The van der Waals surface area contributed by atoms with Gasteiger partial charge in [-0.25, -0.2) is 0 Å². The third kappa shape index (κ3) is 3.38. The van der Waals surface area contributed by atoms with Crippen LogP contribution in [0.2, 0.25) is 0 Å². The van der Waals surface area contributed by atoms with E-state index in [1.165, 1.54) is 12.1 Å². The van der Waals surface area contributed by atoms with Gasteiger partial charge in [0.1, 0.15) is 0 Å². The Morgan fingerprint density at radius 2 is 0.821 bits per heavy atom. The molecule has 0 heterocycles. The van der Waals surface area contributed by atoms with Gasteiger partial charge >= 0.3 is 0 Å². The Kier molecular flexibility index (Phi) is 4.76. The topological polar surface area (TPSA) is 80.9 Å². The number of hydrogen-bond acceptors (Lipinski definition) is 4. The van der Waals surface area contributed by atoms with E-state index in [9.17, 15) is 20.4 Å². The summed E-state index contributed by atoms with van der Waals surface area (Å²) in [6, 6.07) is 18.0. The van der Waals surface area contributed by atoms with Crippen molar-refractivity contribution in [1.29, 1.82) is 0 Å². The molecule has 0 bridgehead atoms. The molecule has 3 aromatic carbocycles. The van der Waals surface area contributed by atoms with Crippen LogP contribution >= 0.6 is 0 Å². The molecule has 0 fully saturated rings. The van der Waals surface area contributed by atoms with Gasteiger partial charge < -0.3 is 20.4 Å². The summed E-state index contributed by atoms with van der Waals surface area (Å²) >= 11 is 0. The number of phenols is 4. The van der Waals surface area contributed by atoms with Crippen LogP contribution in [-0.4, -0.2) is 20.4 Å². The van der Waals surface area contributed by atoms with E-state index in [1.54, 1.807) is 12.1 Å². The first-order valence-corrected chi connectivity index (χ1v) is 9.19. The molecule has 3 rings (SSSR count). The number of hydrogen-bond donors (Lipinski definition) is 4. The first-order valence-electron chi connectivity index (χ1n) is 9.19. The summed E-state index contributed by atoms with van der Waals surface area (Å²) in [6.07, 6.45) is 0. The third-order valence-electron chi connectivity index (χ3n) is 5.70. The molecule has 0 spiro atoms. The largest absolute Gasteiger partial charge is 0.504 e. The van der Waals surface area contributed by atoms with Crippen LogP contribution in [-0.2, 0) is 10.8 Å². The maximum absolute atomic E-state index is 9.90. The molecule has 28 heavy (non-hydrogen) atoms. The highest BCUT2D eigenvalue weighted by Gasteiger charge is 2.28. The molecule has 0 saturated heterocycles. The average molecular weight is 378 g/mol. The van der Waals surface area contributed by atoms with Crippen LogP contribution in [0.5, 0.6) is 23.0 Å². The Balaban J connectivity index is 2.05. The highest BCUT2D eigenvalue weighted by molar-refractivity contribution is 5.50. The Morgan fingerprint density at radius 1 is 0.464 bits per heavy atom. The molecule has 4 nitrogen and oxygen atoms in total. The SMILES string of the molecule is CC(C)(c1cccc(C(C)(C)c2ccc(O)c(O)c2)c1)c1ccc(O)c(O)c1. The molecule has 0 unspecified atom stereocenters. The first-order chi connectivity index (χ1) is 13.0. The van der Waals surface area contributed by atoms with E-state index in [2.05, 4.69) is 33.8 Å². The molecule has 0 aromatic heterocycles. The Morgan fingerprint density at radius 3 is 1.18 bits per heavy atom. The predicted octanol–water partition coefficient (Wildman–Crippen LogP) is 5.16. The minimum Gasteiger partial charge on any atom is -0.504 e. The van der Waals surface area contributed by atoms with Gasteiger partial charge in [-0.15, -0.1) is 0 Å². The van der Waals surface area contributed by atoms with Gasteiger partial charge in [0, 0.05) is 10.8 Å². The van der Waals surface area contributed by atoms with Crippen molar-refractivity contribution in [3.8, 4) is 23.0 Å². The smallest absolute Gasteiger partial charge is 0.157 e. The van der Waals surface area contributed by atoms with E-state index in [1.807, 2.05) is 30.3 Å². The van der Waals surface area contributed by atoms with E-state index in [4.69, 9.17) is 0 Å². The highest BCUT2D eigenvalue weighted by Crippen LogP contribution is 2.40. The van der Waals surface area contributed by atoms with Crippen LogP contribution in [0.15, 0.2) is 60.7 Å².